The topological polar surface area (TPSA) is 75.6 Å². The van der Waals surface area contributed by atoms with E-state index in [9.17, 15) is 0 Å². The monoisotopic (exact) mass is 268 g/mol. The number of rotatable bonds is 2. The number of carbonyl (C=O) groups excluding carboxylic acids is 1. The van der Waals surface area contributed by atoms with Crippen LogP contribution in [0.3, 0.4) is 0 Å². The van der Waals surface area contributed by atoms with Gasteiger partial charge < -0.3 is 15.6 Å². The van der Waals surface area contributed by atoms with Gasteiger partial charge in [-0.2, -0.15) is 0 Å². The van der Waals surface area contributed by atoms with Crippen LogP contribution in [0.1, 0.15) is 26.2 Å². The van der Waals surface area contributed by atoms with E-state index in [2.05, 4.69) is 14.4 Å². The van der Waals surface area contributed by atoms with Gasteiger partial charge in [-0.3, -0.25) is 14.4 Å². The molecule has 0 radical (unpaired) electrons. The molecule has 0 saturated carbocycles. The van der Waals surface area contributed by atoms with Gasteiger partial charge in [-0.1, -0.05) is 0 Å². The number of guanidine groups is 1. The van der Waals surface area contributed by atoms with Crippen molar-refractivity contribution < 1.29 is 14.5 Å². The molecule has 0 aliphatic carbocycles. The van der Waals surface area contributed by atoms with E-state index >= 15 is 0 Å². The molecule has 108 valence electrons. The minimum Gasteiger partial charge on any atom is -0.550 e. The third-order valence-electron chi connectivity index (χ3n) is 3.88. The zero-order chi connectivity index (χ0) is 13.8. The summed E-state index contributed by atoms with van der Waals surface area (Å²) in [6, 6.07) is 0.686. The molecule has 3 heterocycles. The molecule has 0 amide bonds. The standard InChI is InChI=1S/C11H21N4.C2H4O2/c12-4-3-10-9-14-7-1-5-13-6-2-8-15(10)11(13)14;1-2(3)4/h10H,1-9,12H2;1H3,(H,3,4)/q+1;/p-1. The predicted octanol–water partition coefficient (Wildman–Crippen LogP) is -1.75. The van der Waals surface area contributed by atoms with Crippen molar-refractivity contribution in [3.63, 3.8) is 0 Å². The highest BCUT2D eigenvalue weighted by Crippen LogP contribution is 2.23. The molecule has 0 aromatic rings. The summed E-state index contributed by atoms with van der Waals surface area (Å²) in [5, 5.41) is 8.89. The molecule has 0 aromatic heterocycles. The fourth-order valence-corrected chi connectivity index (χ4v) is 3.27. The fourth-order valence-electron chi connectivity index (χ4n) is 3.27. The summed E-state index contributed by atoms with van der Waals surface area (Å²) in [7, 11) is 0. The maximum absolute atomic E-state index is 8.89. The Bertz CT molecular complexity index is 366. The number of nitrogens with two attached hydrogens (primary N) is 1. The van der Waals surface area contributed by atoms with Crippen molar-refractivity contribution >= 4 is 11.9 Å². The molecule has 6 nitrogen and oxygen atoms in total. The molecule has 1 unspecified atom stereocenters. The van der Waals surface area contributed by atoms with Crippen LogP contribution in [0.15, 0.2) is 0 Å². The first-order chi connectivity index (χ1) is 9.13. The number of carboxylic acid groups (broad SMARTS) is 1. The SMILES string of the molecule is CC(=O)[O-].NCCC1C[N+]2=C3N(CCCN31)CCC2. The third kappa shape index (κ3) is 3.18. The van der Waals surface area contributed by atoms with E-state index in [-0.39, 0.29) is 0 Å². The molecule has 3 aliphatic rings. The summed E-state index contributed by atoms with van der Waals surface area (Å²) in [6.07, 6.45) is 3.79. The number of hydrogen-bond acceptors (Lipinski definition) is 5. The molecular weight excluding hydrogens is 244 g/mol. The van der Waals surface area contributed by atoms with Crippen LogP contribution in [-0.4, -0.2) is 71.6 Å². The molecule has 1 fully saturated rings. The summed E-state index contributed by atoms with van der Waals surface area (Å²) in [5.41, 5.74) is 5.70. The Balaban J connectivity index is 0.000000297. The average Bonchev–Trinajstić information content (AvgIpc) is 2.71. The molecule has 2 N–H and O–H groups in total. The van der Waals surface area contributed by atoms with Gasteiger partial charge in [-0.15, -0.1) is 0 Å². The summed E-state index contributed by atoms with van der Waals surface area (Å²) in [5.74, 6) is 0.436. The maximum atomic E-state index is 8.89. The van der Waals surface area contributed by atoms with Crippen LogP contribution in [0, 0.1) is 0 Å². The van der Waals surface area contributed by atoms with Crippen molar-refractivity contribution in [1.29, 1.82) is 0 Å². The van der Waals surface area contributed by atoms with Crippen LogP contribution in [0.5, 0.6) is 0 Å². The average molecular weight is 268 g/mol. The number of aliphatic carboxylic acids is 1. The number of nitrogens with zero attached hydrogens (tertiary/aromatic N) is 3. The summed E-state index contributed by atoms with van der Waals surface area (Å²) >= 11 is 0. The molecule has 1 atom stereocenters. The van der Waals surface area contributed by atoms with E-state index in [1.807, 2.05) is 0 Å². The van der Waals surface area contributed by atoms with Gasteiger partial charge in [0.15, 0.2) is 0 Å². The Labute approximate surface area is 114 Å². The van der Waals surface area contributed by atoms with Crippen LogP contribution < -0.4 is 10.8 Å². The molecule has 3 aliphatic heterocycles. The van der Waals surface area contributed by atoms with Crippen molar-refractivity contribution in [3.05, 3.63) is 0 Å². The quantitative estimate of drug-likeness (QED) is 0.601. The van der Waals surface area contributed by atoms with Crippen LogP contribution in [-0.2, 0) is 4.79 Å². The zero-order valence-corrected chi connectivity index (χ0v) is 11.7. The molecule has 6 heteroatoms. The lowest BCUT2D eigenvalue weighted by Crippen LogP contribution is -2.54. The fraction of sp³-hybridized carbons (Fsp3) is 0.846. The first-order valence-corrected chi connectivity index (χ1v) is 7.14. The first kappa shape index (κ1) is 14.1. The second-order valence-corrected chi connectivity index (χ2v) is 5.36. The van der Waals surface area contributed by atoms with Crippen LogP contribution in [0.2, 0.25) is 0 Å². The lowest BCUT2D eigenvalue weighted by molar-refractivity contribution is -0.531. The Morgan fingerprint density at radius 3 is 2.79 bits per heavy atom. The summed E-state index contributed by atoms with van der Waals surface area (Å²) in [6.45, 7) is 8.02. The van der Waals surface area contributed by atoms with Crippen molar-refractivity contribution in [3.8, 4) is 0 Å². The molecule has 0 aromatic carbocycles. The highest BCUT2D eigenvalue weighted by atomic mass is 16.4. The van der Waals surface area contributed by atoms with Crippen LogP contribution in [0.25, 0.3) is 0 Å². The van der Waals surface area contributed by atoms with E-state index in [4.69, 9.17) is 15.6 Å². The minimum absolute atomic E-state index is 0.686. The second-order valence-electron chi connectivity index (χ2n) is 5.36. The van der Waals surface area contributed by atoms with Gasteiger partial charge in [0, 0.05) is 18.8 Å². The van der Waals surface area contributed by atoms with Gasteiger partial charge in [-0.25, -0.2) is 0 Å². The highest BCUT2D eigenvalue weighted by Gasteiger charge is 2.45. The van der Waals surface area contributed by atoms with Gasteiger partial charge in [0.2, 0.25) is 0 Å². The molecule has 3 rings (SSSR count). The lowest BCUT2D eigenvalue weighted by atomic mass is 10.1. The van der Waals surface area contributed by atoms with Crippen molar-refractivity contribution in [2.75, 3.05) is 39.3 Å². The normalized spacial score (nSPS) is 24.8. The molecule has 19 heavy (non-hydrogen) atoms. The zero-order valence-electron chi connectivity index (χ0n) is 11.7. The highest BCUT2D eigenvalue weighted by molar-refractivity contribution is 5.77. The van der Waals surface area contributed by atoms with Gasteiger partial charge >= 0.3 is 5.96 Å². The van der Waals surface area contributed by atoms with Crippen molar-refractivity contribution in [2.24, 2.45) is 5.73 Å². The van der Waals surface area contributed by atoms with Crippen LogP contribution in [0.4, 0.5) is 0 Å². The third-order valence-corrected chi connectivity index (χ3v) is 3.88. The van der Waals surface area contributed by atoms with Crippen molar-refractivity contribution in [1.82, 2.24) is 9.80 Å². The predicted molar refractivity (Wildman–Crippen MR) is 70.7 cm³/mol. The first-order valence-electron chi connectivity index (χ1n) is 7.14. The van der Waals surface area contributed by atoms with E-state index in [1.54, 1.807) is 0 Å². The van der Waals surface area contributed by atoms with Crippen molar-refractivity contribution in [2.45, 2.75) is 32.2 Å². The van der Waals surface area contributed by atoms with Crippen LogP contribution >= 0.6 is 0 Å². The largest absolute Gasteiger partial charge is 0.550 e. The Kier molecular flexibility index (Phi) is 4.63. The summed E-state index contributed by atoms with van der Waals surface area (Å²) in [4.78, 5) is 14.1. The molecule has 0 bridgehead atoms. The Morgan fingerprint density at radius 1 is 1.42 bits per heavy atom. The molecule has 0 spiro atoms. The van der Waals surface area contributed by atoms with E-state index < -0.39 is 5.97 Å². The van der Waals surface area contributed by atoms with E-state index in [0.29, 0.717) is 6.04 Å². The van der Waals surface area contributed by atoms with E-state index in [0.717, 1.165) is 19.9 Å². The summed E-state index contributed by atoms with van der Waals surface area (Å²) < 4.78 is 2.57. The maximum Gasteiger partial charge on any atom is 0.350 e. The van der Waals surface area contributed by atoms with Gasteiger partial charge in [0.05, 0.1) is 26.2 Å². The Hall–Kier alpha value is -1.30. The van der Waals surface area contributed by atoms with Gasteiger partial charge in [0.25, 0.3) is 0 Å². The second kappa shape index (κ2) is 6.23. The van der Waals surface area contributed by atoms with E-state index in [1.165, 1.54) is 51.5 Å². The van der Waals surface area contributed by atoms with Gasteiger partial charge in [-0.05, 0) is 19.9 Å². The Morgan fingerprint density at radius 2 is 2.11 bits per heavy atom. The smallest absolute Gasteiger partial charge is 0.350 e. The molecule has 1 saturated heterocycles. The van der Waals surface area contributed by atoms with Gasteiger partial charge in [0.1, 0.15) is 12.6 Å². The number of carbonyl (C=O) groups is 1. The molecular formula is C13H24N4O2. The number of hydrogen-bond donors (Lipinski definition) is 1. The minimum atomic E-state index is -1.08. The number of carboxylic acids is 1. The lowest BCUT2D eigenvalue weighted by Gasteiger charge is -2.33.